The highest BCUT2D eigenvalue weighted by Gasteiger charge is 2.12. The molecule has 1 atom stereocenters. The van der Waals surface area contributed by atoms with Gasteiger partial charge in [0.05, 0.1) is 11.6 Å². The van der Waals surface area contributed by atoms with Crippen molar-refractivity contribution in [2.75, 3.05) is 18.4 Å². The molecular formula is C12H14FN3. The minimum Gasteiger partial charge on any atom is -0.381 e. The van der Waals surface area contributed by atoms with E-state index in [-0.39, 0.29) is 5.82 Å². The fourth-order valence-corrected chi connectivity index (χ4v) is 1.95. The highest BCUT2D eigenvalue weighted by molar-refractivity contribution is 5.50. The second-order valence-electron chi connectivity index (χ2n) is 4.03. The minimum absolute atomic E-state index is 0.321. The van der Waals surface area contributed by atoms with Crippen LogP contribution in [-0.4, -0.2) is 19.1 Å². The average molecular weight is 219 g/mol. The van der Waals surface area contributed by atoms with Gasteiger partial charge in [-0.3, -0.25) is 0 Å². The van der Waals surface area contributed by atoms with Crippen molar-refractivity contribution in [2.45, 2.75) is 18.9 Å². The molecule has 3 nitrogen and oxygen atoms in total. The number of anilines is 1. The molecule has 0 spiro atoms. The van der Waals surface area contributed by atoms with Crippen molar-refractivity contribution in [3.63, 3.8) is 0 Å². The smallest absolute Gasteiger partial charge is 0.126 e. The molecule has 0 bridgehead atoms. The quantitative estimate of drug-likeness (QED) is 0.798. The first-order valence-electron chi connectivity index (χ1n) is 5.46. The van der Waals surface area contributed by atoms with Gasteiger partial charge in [0.15, 0.2) is 0 Å². The van der Waals surface area contributed by atoms with Crippen molar-refractivity contribution in [1.82, 2.24) is 5.32 Å². The lowest BCUT2D eigenvalue weighted by atomic mass is 10.1. The Morgan fingerprint density at radius 3 is 3.00 bits per heavy atom. The summed E-state index contributed by atoms with van der Waals surface area (Å²) in [5.41, 5.74) is 1.04. The van der Waals surface area contributed by atoms with Crippen LogP contribution < -0.4 is 10.6 Å². The Morgan fingerprint density at radius 2 is 2.31 bits per heavy atom. The van der Waals surface area contributed by atoms with Crippen LogP contribution in [0.4, 0.5) is 10.1 Å². The third-order valence-electron chi connectivity index (χ3n) is 2.69. The molecule has 1 aromatic rings. The van der Waals surface area contributed by atoms with E-state index in [4.69, 9.17) is 5.26 Å². The highest BCUT2D eigenvalue weighted by Crippen LogP contribution is 2.16. The topological polar surface area (TPSA) is 47.9 Å². The first-order valence-corrected chi connectivity index (χ1v) is 5.46. The molecular weight excluding hydrogens is 205 g/mol. The van der Waals surface area contributed by atoms with Crippen molar-refractivity contribution in [2.24, 2.45) is 0 Å². The van der Waals surface area contributed by atoms with Crippen LogP contribution in [0, 0.1) is 17.1 Å². The van der Waals surface area contributed by atoms with Gasteiger partial charge in [-0.15, -0.1) is 0 Å². The third-order valence-corrected chi connectivity index (χ3v) is 2.69. The first kappa shape index (κ1) is 10.9. The Hall–Kier alpha value is -1.60. The fourth-order valence-electron chi connectivity index (χ4n) is 1.95. The maximum Gasteiger partial charge on any atom is 0.126 e. The normalized spacial score (nSPS) is 20.1. The molecule has 1 heterocycles. The van der Waals surface area contributed by atoms with Gasteiger partial charge < -0.3 is 10.6 Å². The maximum atomic E-state index is 13.2. The van der Waals surface area contributed by atoms with Gasteiger partial charge in [-0.2, -0.15) is 5.26 Å². The lowest BCUT2D eigenvalue weighted by molar-refractivity contribution is 0.479. The van der Waals surface area contributed by atoms with E-state index < -0.39 is 0 Å². The Labute approximate surface area is 94.3 Å². The Kier molecular flexibility index (Phi) is 3.37. The summed E-state index contributed by atoms with van der Waals surface area (Å²) in [7, 11) is 0. The van der Waals surface area contributed by atoms with Gasteiger partial charge in [-0.25, -0.2) is 4.39 Å². The van der Waals surface area contributed by atoms with Gasteiger partial charge >= 0.3 is 0 Å². The van der Waals surface area contributed by atoms with Crippen molar-refractivity contribution < 1.29 is 4.39 Å². The minimum atomic E-state index is -0.370. The number of nitrogens with one attached hydrogen (secondary N) is 2. The molecule has 0 aromatic heterocycles. The third kappa shape index (κ3) is 2.71. The number of nitriles is 1. The van der Waals surface area contributed by atoms with E-state index in [0.29, 0.717) is 17.3 Å². The van der Waals surface area contributed by atoms with Crippen LogP contribution in [0.25, 0.3) is 0 Å². The SMILES string of the molecule is N#Cc1cc(F)cc(NC2CCCNC2)c1. The summed E-state index contributed by atoms with van der Waals surface area (Å²) in [5, 5.41) is 15.3. The Bertz CT molecular complexity index is 405. The zero-order chi connectivity index (χ0) is 11.4. The number of hydrogen-bond donors (Lipinski definition) is 2. The molecule has 2 rings (SSSR count). The van der Waals surface area contributed by atoms with Crippen LogP contribution in [0.5, 0.6) is 0 Å². The molecule has 0 radical (unpaired) electrons. The molecule has 1 fully saturated rings. The zero-order valence-corrected chi connectivity index (χ0v) is 8.96. The van der Waals surface area contributed by atoms with Gasteiger partial charge in [-0.05, 0) is 37.6 Å². The molecule has 0 amide bonds. The van der Waals surface area contributed by atoms with Gasteiger partial charge in [0, 0.05) is 18.3 Å². The monoisotopic (exact) mass is 219 g/mol. The number of rotatable bonds is 2. The predicted octanol–water partition coefficient (Wildman–Crippen LogP) is 1.86. The van der Waals surface area contributed by atoms with Gasteiger partial charge in [0.25, 0.3) is 0 Å². The Morgan fingerprint density at radius 1 is 1.44 bits per heavy atom. The average Bonchev–Trinajstić information content (AvgIpc) is 2.29. The van der Waals surface area contributed by atoms with Crippen LogP contribution in [0.1, 0.15) is 18.4 Å². The molecule has 84 valence electrons. The summed E-state index contributed by atoms with van der Waals surface area (Å²) < 4.78 is 13.2. The van der Waals surface area contributed by atoms with Gasteiger partial charge in [0.2, 0.25) is 0 Å². The number of hydrogen-bond acceptors (Lipinski definition) is 3. The van der Waals surface area contributed by atoms with E-state index in [0.717, 1.165) is 25.9 Å². The van der Waals surface area contributed by atoms with Crippen molar-refractivity contribution in [1.29, 1.82) is 5.26 Å². The molecule has 16 heavy (non-hydrogen) atoms. The second kappa shape index (κ2) is 4.95. The van der Waals surface area contributed by atoms with E-state index in [1.54, 1.807) is 6.07 Å². The molecule has 1 aliphatic heterocycles. The van der Waals surface area contributed by atoms with E-state index in [1.807, 2.05) is 6.07 Å². The van der Waals surface area contributed by atoms with Crippen LogP contribution in [0.3, 0.4) is 0 Å². The standard InChI is InChI=1S/C12H14FN3/c13-10-4-9(7-14)5-12(6-10)16-11-2-1-3-15-8-11/h4-6,11,15-16H,1-3,8H2. The molecule has 1 unspecified atom stereocenters. The molecule has 0 saturated carbocycles. The fraction of sp³-hybridized carbons (Fsp3) is 0.417. The Balaban J connectivity index is 2.08. The van der Waals surface area contributed by atoms with Gasteiger partial charge in [0.1, 0.15) is 5.82 Å². The van der Waals surface area contributed by atoms with Crippen molar-refractivity contribution in [3.8, 4) is 6.07 Å². The van der Waals surface area contributed by atoms with Crippen LogP contribution in [-0.2, 0) is 0 Å². The number of piperidine rings is 1. The summed E-state index contributed by atoms with van der Waals surface area (Å²) >= 11 is 0. The summed E-state index contributed by atoms with van der Waals surface area (Å²) in [5.74, 6) is -0.370. The predicted molar refractivity (Wildman–Crippen MR) is 60.6 cm³/mol. The number of benzene rings is 1. The second-order valence-corrected chi connectivity index (χ2v) is 4.03. The number of halogens is 1. The van der Waals surface area contributed by atoms with E-state index in [2.05, 4.69) is 10.6 Å². The lowest BCUT2D eigenvalue weighted by Gasteiger charge is -2.24. The van der Waals surface area contributed by atoms with Gasteiger partial charge in [-0.1, -0.05) is 0 Å². The summed E-state index contributed by atoms with van der Waals surface area (Å²) in [4.78, 5) is 0. The van der Waals surface area contributed by atoms with Crippen molar-refractivity contribution >= 4 is 5.69 Å². The highest BCUT2D eigenvalue weighted by atomic mass is 19.1. The molecule has 2 N–H and O–H groups in total. The molecule has 1 aromatic carbocycles. The van der Waals surface area contributed by atoms with E-state index in [9.17, 15) is 4.39 Å². The molecule has 0 aliphatic carbocycles. The first-order chi connectivity index (χ1) is 7.78. The molecule has 1 aliphatic rings. The zero-order valence-electron chi connectivity index (χ0n) is 8.96. The largest absolute Gasteiger partial charge is 0.381 e. The lowest BCUT2D eigenvalue weighted by Crippen LogP contribution is -2.38. The van der Waals surface area contributed by atoms with Crippen LogP contribution in [0.2, 0.25) is 0 Å². The maximum absolute atomic E-state index is 13.2. The number of nitrogens with zero attached hydrogens (tertiary/aromatic N) is 1. The summed E-state index contributed by atoms with van der Waals surface area (Å²) in [6.07, 6.45) is 2.20. The molecule has 1 saturated heterocycles. The van der Waals surface area contributed by atoms with Crippen LogP contribution in [0.15, 0.2) is 18.2 Å². The van der Waals surface area contributed by atoms with E-state index >= 15 is 0 Å². The van der Waals surface area contributed by atoms with E-state index in [1.165, 1.54) is 12.1 Å². The van der Waals surface area contributed by atoms with Crippen LogP contribution >= 0.6 is 0 Å². The molecule has 4 heteroatoms. The van der Waals surface area contributed by atoms with Crippen molar-refractivity contribution in [3.05, 3.63) is 29.6 Å². The summed E-state index contributed by atoms with van der Waals surface area (Å²) in [6.45, 7) is 1.93. The summed E-state index contributed by atoms with van der Waals surface area (Å²) in [6, 6.07) is 6.62.